The monoisotopic (exact) mass is 388 g/mol. The summed E-state index contributed by atoms with van der Waals surface area (Å²) >= 11 is 0. The number of carbonyl (C=O) groups excluding carboxylic acids is 1. The van der Waals surface area contributed by atoms with Gasteiger partial charge in [0, 0.05) is 25.3 Å². The summed E-state index contributed by atoms with van der Waals surface area (Å²) < 4.78 is 39.8. The molecule has 9 heteroatoms. The van der Waals surface area contributed by atoms with Crippen molar-refractivity contribution >= 4 is 18.3 Å². The molecule has 1 aromatic carbocycles. The Bertz CT molecular complexity index is 762. The van der Waals surface area contributed by atoms with Crippen LogP contribution in [0, 0.1) is 0 Å². The maximum absolute atomic E-state index is 12.8. The summed E-state index contributed by atoms with van der Waals surface area (Å²) in [6.07, 6.45) is -0.133. The third-order valence-electron chi connectivity index (χ3n) is 4.41. The van der Waals surface area contributed by atoms with E-state index in [1.165, 1.54) is 29.1 Å². The van der Waals surface area contributed by atoms with E-state index in [9.17, 15) is 18.0 Å². The zero-order chi connectivity index (χ0) is 18.0. The highest BCUT2D eigenvalue weighted by Crippen LogP contribution is 2.30. The van der Waals surface area contributed by atoms with Crippen molar-refractivity contribution in [1.29, 1.82) is 0 Å². The lowest BCUT2D eigenvalue weighted by atomic mass is 10.0. The van der Waals surface area contributed by atoms with E-state index in [0.717, 1.165) is 31.4 Å². The van der Waals surface area contributed by atoms with E-state index in [1.807, 2.05) is 0 Å². The minimum absolute atomic E-state index is 0. The molecule has 1 unspecified atom stereocenters. The van der Waals surface area contributed by atoms with Crippen LogP contribution in [0.2, 0.25) is 0 Å². The summed E-state index contributed by atoms with van der Waals surface area (Å²) in [5, 5.41) is 4.16. The van der Waals surface area contributed by atoms with Gasteiger partial charge in [0.25, 0.3) is 5.91 Å². The molecule has 2 aromatic rings. The normalized spacial score (nSPS) is 17.7. The zero-order valence-corrected chi connectivity index (χ0v) is 14.8. The van der Waals surface area contributed by atoms with Gasteiger partial charge >= 0.3 is 6.18 Å². The first-order valence-corrected chi connectivity index (χ1v) is 8.14. The van der Waals surface area contributed by atoms with Crippen molar-refractivity contribution in [3.05, 3.63) is 47.8 Å². The van der Waals surface area contributed by atoms with Crippen molar-refractivity contribution in [1.82, 2.24) is 14.7 Å². The van der Waals surface area contributed by atoms with Gasteiger partial charge in [0.15, 0.2) is 5.69 Å². The molecular formula is C17H20ClF3N4O. The van der Waals surface area contributed by atoms with Crippen molar-refractivity contribution in [2.45, 2.75) is 31.5 Å². The van der Waals surface area contributed by atoms with E-state index in [-0.39, 0.29) is 35.7 Å². The molecule has 0 bridgehead atoms. The first kappa shape index (κ1) is 20.3. The number of aromatic nitrogens is 2. The van der Waals surface area contributed by atoms with Gasteiger partial charge < -0.3 is 10.6 Å². The Morgan fingerprint density at radius 1 is 1.27 bits per heavy atom. The number of amides is 1. The fourth-order valence-corrected chi connectivity index (χ4v) is 3.07. The van der Waals surface area contributed by atoms with Crippen LogP contribution in [0.5, 0.6) is 0 Å². The third-order valence-corrected chi connectivity index (χ3v) is 4.41. The molecule has 26 heavy (non-hydrogen) atoms. The van der Waals surface area contributed by atoms with Crippen molar-refractivity contribution in [3.8, 4) is 5.69 Å². The van der Waals surface area contributed by atoms with Gasteiger partial charge in [-0.2, -0.15) is 18.3 Å². The number of hydrogen-bond acceptors (Lipinski definition) is 3. The maximum atomic E-state index is 12.8. The van der Waals surface area contributed by atoms with E-state index in [1.54, 1.807) is 4.90 Å². The predicted octanol–water partition coefficient (Wildman–Crippen LogP) is 3.27. The van der Waals surface area contributed by atoms with Crippen molar-refractivity contribution in [2.24, 2.45) is 5.73 Å². The van der Waals surface area contributed by atoms with E-state index in [2.05, 4.69) is 5.10 Å². The van der Waals surface area contributed by atoms with Gasteiger partial charge in [-0.15, -0.1) is 12.4 Å². The topological polar surface area (TPSA) is 64.2 Å². The molecule has 1 fully saturated rings. The molecule has 2 heterocycles. The molecule has 1 aliphatic rings. The molecule has 0 saturated carbocycles. The molecule has 0 aliphatic carbocycles. The van der Waals surface area contributed by atoms with E-state index >= 15 is 0 Å². The summed E-state index contributed by atoms with van der Waals surface area (Å²) in [5.41, 5.74) is 5.44. The minimum Gasteiger partial charge on any atom is -0.333 e. The summed E-state index contributed by atoms with van der Waals surface area (Å²) in [6.45, 7) is 1.01. The second-order valence-corrected chi connectivity index (χ2v) is 6.08. The second-order valence-electron chi connectivity index (χ2n) is 6.08. The number of likely N-dealkylation sites (tertiary alicyclic amines) is 1. The van der Waals surface area contributed by atoms with Gasteiger partial charge in [0.05, 0.1) is 11.3 Å². The average molecular weight is 389 g/mol. The number of nitrogens with two attached hydrogens (primary N) is 1. The number of halogens is 4. The number of carbonyl (C=O) groups is 1. The first-order chi connectivity index (χ1) is 11.9. The molecule has 3 rings (SSSR count). The quantitative estimate of drug-likeness (QED) is 0.877. The lowest BCUT2D eigenvalue weighted by molar-refractivity contribution is -0.137. The van der Waals surface area contributed by atoms with E-state index < -0.39 is 11.7 Å². The van der Waals surface area contributed by atoms with Crippen molar-refractivity contribution in [3.63, 3.8) is 0 Å². The maximum Gasteiger partial charge on any atom is 0.416 e. The average Bonchev–Trinajstić information content (AvgIpc) is 3.10. The molecule has 1 saturated heterocycles. The molecule has 0 radical (unpaired) electrons. The second kappa shape index (κ2) is 8.09. The molecule has 1 atom stereocenters. The summed E-state index contributed by atoms with van der Waals surface area (Å²) in [7, 11) is 0. The number of hydrogen-bond donors (Lipinski definition) is 1. The standard InChI is InChI=1S/C17H19F3N4O.ClH/c18-17(19,20)12-4-3-6-13(10-12)24-9-7-15(22-24)16(25)23-8-2-1-5-14(23)11-21;/h3-4,6-7,9-10,14H,1-2,5,8,11,21H2;1H. The largest absolute Gasteiger partial charge is 0.416 e. The van der Waals surface area contributed by atoms with Crippen LogP contribution >= 0.6 is 12.4 Å². The van der Waals surface area contributed by atoms with Crippen LogP contribution in [0.25, 0.3) is 5.69 Å². The Kier molecular flexibility index (Phi) is 6.30. The van der Waals surface area contributed by atoms with Gasteiger partial charge in [0.2, 0.25) is 0 Å². The highest BCUT2D eigenvalue weighted by Gasteiger charge is 2.31. The predicted molar refractivity (Wildman–Crippen MR) is 93.5 cm³/mol. The number of benzene rings is 1. The fourth-order valence-electron chi connectivity index (χ4n) is 3.07. The van der Waals surface area contributed by atoms with Gasteiger partial charge in [-0.3, -0.25) is 4.79 Å². The molecule has 1 aliphatic heterocycles. The number of piperidine rings is 1. The Morgan fingerprint density at radius 2 is 2.04 bits per heavy atom. The van der Waals surface area contributed by atoms with Crippen LogP contribution in [-0.2, 0) is 6.18 Å². The number of rotatable bonds is 3. The Hall–Kier alpha value is -2.06. The van der Waals surface area contributed by atoms with E-state index in [0.29, 0.717) is 13.1 Å². The summed E-state index contributed by atoms with van der Waals surface area (Å²) in [4.78, 5) is 14.4. The van der Waals surface area contributed by atoms with E-state index in [4.69, 9.17) is 5.73 Å². The van der Waals surface area contributed by atoms with Gasteiger partial charge in [-0.1, -0.05) is 6.07 Å². The molecular weight excluding hydrogens is 369 g/mol. The molecule has 0 spiro atoms. The highest BCUT2D eigenvalue weighted by atomic mass is 35.5. The smallest absolute Gasteiger partial charge is 0.333 e. The zero-order valence-electron chi connectivity index (χ0n) is 13.9. The highest BCUT2D eigenvalue weighted by molar-refractivity contribution is 5.92. The van der Waals surface area contributed by atoms with Gasteiger partial charge in [0.1, 0.15) is 0 Å². The minimum atomic E-state index is -4.43. The van der Waals surface area contributed by atoms with Crippen LogP contribution in [-0.4, -0.2) is 39.7 Å². The fraction of sp³-hybridized carbons (Fsp3) is 0.412. The van der Waals surface area contributed by atoms with Crippen molar-refractivity contribution < 1.29 is 18.0 Å². The summed E-state index contributed by atoms with van der Waals surface area (Å²) in [5.74, 6) is -0.235. The summed E-state index contributed by atoms with van der Waals surface area (Å²) in [6, 6.07) is 6.34. The third kappa shape index (κ3) is 4.19. The first-order valence-electron chi connectivity index (χ1n) is 8.14. The van der Waals surface area contributed by atoms with Crippen molar-refractivity contribution in [2.75, 3.05) is 13.1 Å². The van der Waals surface area contributed by atoms with Gasteiger partial charge in [-0.05, 0) is 43.5 Å². The lowest BCUT2D eigenvalue weighted by Crippen LogP contribution is -2.47. The molecule has 142 valence electrons. The van der Waals surface area contributed by atoms with Crippen LogP contribution in [0.1, 0.15) is 35.3 Å². The van der Waals surface area contributed by atoms with Crippen LogP contribution in [0.3, 0.4) is 0 Å². The SMILES string of the molecule is Cl.NCC1CCCCN1C(=O)c1ccn(-c2cccc(C(F)(F)F)c2)n1. The number of nitrogens with zero attached hydrogens (tertiary/aromatic N) is 3. The Labute approximate surface area is 155 Å². The molecule has 2 N–H and O–H groups in total. The van der Waals surface area contributed by atoms with Gasteiger partial charge in [-0.25, -0.2) is 4.68 Å². The Balaban J connectivity index is 0.00000243. The van der Waals surface area contributed by atoms with Crippen LogP contribution < -0.4 is 5.73 Å². The molecule has 1 amide bonds. The van der Waals surface area contributed by atoms with Crippen LogP contribution in [0.15, 0.2) is 36.5 Å². The molecule has 5 nitrogen and oxygen atoms in total. The molecule has 1 aromatic heterocycles. The lowest BCUT2D eigenvalue weighted by Gasteiger charge is -2.34. The Morgan fingerprint density at radius 3 is 2.73 bits per heavy atom. The van der Waals surface area contributed by atoms with Crippen LogP contribution in [0.4, 0.5) is 13.2 Å². The number of alkyl halides is 3.